The van der Waals surface area contributed by atoms with Gasteiger partial charge in [-0.25, -0.2) is 9.18 Å². The quantitative estimate of drug-likeness (QED) is 0.482. The third-order valence-electron chi connectivity index (χ3n) is 5.05. The van der Waals surface area contributed by atoms with Gasteiger partial charge < -0.3 is 14.1 Å². The van der Waals surface area contributed by atoms with Crippen LogP contribution in [0.3, 0.4) is 0 Å². The maximum absolute atomic E-state index is 13.0. The molecule has 28 heavy (non-hydrogen) atoms. The number of rotatable bonds is 6. The monoisotopic (exact) mass is 382 g/mol. The summed E-state index contributed by atoms with van der Waals surface area (Å²) in [5.74, 6) is 0.513. The van der Waals surface area contributed by atoms with E-state index in [1.54, 1.807) is 12.1 Å². The number of halogens is 1. The zero-order valence-electron chi connectivity index (χ0n) is 15.6. The van der Waals surface area contributed by atoms with Gasteiger partial charge in [0.1, 0.15) is 17.1 Å². The maximum atomic E-state index is 13.0. The van der Waals surface area contributed by atoms with Gasteiger partial charge in [-0.2, -0.15) is 0 Å². The molecule has 1 aliphatic rings. The lowest BCUT2D eigenvalue weighted by atomic mass is 10.2. The lowest BCUT2D eigenvalue weighted by Gasteiger charge is -2.36. The Hall–Kier alpha value is -2.86. The van der Waals surface area contributed by atoms with E-state index in [0.29, 0.717) is 17.9 Å². The first-order valence-corrected chi connectivity index (χ1v) is 9.57. The van der Waals surface area contributed by atoms with Gasteiger partial charge in [-0.3, -0.25) is 4.90 Å². The molecular weight excluding hydrogens is 359 g/mol. The minimum absolute atomic E-state index is 0.198. The standard InChI is InChI=1S/C22H23FN2O3/c23-18-4-6-19(7-5-18)25-13-11-24(12-14-25)10-1-15-27-20-8-2-17-3-9-22(26)28-21(17)16-20/h2-9,16H,1,10-15H2. The van der Waals surface area contributed by atoms with Gasteiger partial charge in [0.25, 0.3) is 0 Å². The van der Waals surface area contributed by atoms with Gasteiger partial charge >= 0.3 is 5.63 Å². The second-order valence-electron chi connectivity index (χ2n) is 6.96. The molecule has 0 unspecified atom stereocenters. The molecule has 2 heterocycles. The lowest BCUT2D eigenvalue weighted by Crippen LogP contribution is -2.46. The Morgan fingerprint density at radius 3 is 2.50 bits per heavy atom. The summed E-state index contributed by atoms with van der Waals surface area (Å²) in [7, 11) is 0. The van der Waals surface area contributed by atoms with Crippen LogP contribution in [-0.4, -0.2) is 44.2 Å². The highest BCUT2D eigenvalue weighted by Gasteiger charge is 2.16. The first-order valence-electron chi connectivity index (χ1n) is 9.57. The molecule has 0 aliphatic carbocycles. The van der Waals surface area contributed by atoms with Crippen molar-refractivity contribution in [2.24, 2.45) is 0 Å². The molecule has 0 N–H and O–H groups in total. The average molecular weight is 382 g/mol. The highest BCUT2D eigenvalue weighted by molar-refractivity contribution is 5.77. The molecule has 1 aliphatic heterocycles. The van der Waals surface area contributed by atoms with Gasteiger partial charge in [0.2, 0.25) is 0 Å². The molecule has 4 rings (SSSR count). The summed E-state index contributed by atoms with van der Waals surface area (Å²) in [6.07, 6.45) is 0.924. The minimum atomic E-state index is -0.357. The Kier molecular flexibility index (Phi) is 5.58. The van der Waals surface area contributed by atoms with E-state index in [1.165, 1.54) is 18.2 Å². The second-order valence-corrected chi connectivity index (χ2v) is 6.96. The SMILES string of the molecule is O=c1ccc2ccc(OCCCN3CCN(c4ccc(F)cc4)CC3)cc2o1. The van der Waals surface area contributed by atoms with Crippen LogP contribution in [-0.2, 0) is 0 Å². The third-order valence-corrected chi connectivity index (χ3v) is 5.05. The van der Waals surface area contributed by atoms with Crippen LogP contribution in [0.1, 0.15) is 6.42 Å². The molecule has 0 amide bonds. The summed E-state index contributed by atoms with van der Waals surface area (Å²) in [6.45, 7) is 5.43. The summed E-state index contributed by atoms with van der Waals surface area (Å²) in [5.41, 5.74) is 1.26. The van der Waals surface area contributed by atoms with E-state index < -0.39 is 0 Å². The third kappa shape index (κ3) is 4.51. The summed E-state index contributed by atoms with van der Waals surface area (Å²) in [5, 5.41) is 0.881. The number of piperazine rings is 1. The topological polar surface area (TPSA) is 45.9 Å². The van der Waals surface area contributed by atoms with Crippen LogP contribution in [0.25, 0.3) is 11.0 Å². The van der Waals surface area contributed by atoms with Crippen LogP contribution in [0.15, 0.2) is 63.8 Å². The van der Waals surface area contributed by atoms with Crippen LogP contribution >= 0.6 is 0 Å². The molecule has 0 saturated carbocycles. The molecule has 1 fully saturated rings. The molecular formula is C22H23FN2O3. The van der Waals surface area contributed by atoms with E-state index in [4.69, 9.17) is 9.15 Å². The van der Waals surface area contributed by atoms with Crippen LogP contribution in [0, 0.1) is 5.82 Å². The van der Waals surface area contributed by atoms with E-state index in [2.05, 4.69) is 9.80 Å². The van der Waals surface area contributed by atoms with Crippen molar-refractivity contribution in [2.75, 3.05) is 44.2 Å². The van der Waals surface area contributed by atoms with Crippen LogP contribution in [0.5, 0.6) is 5.75 Å². The van der Waals surface area contributed by atoms with Crippen LogP contribution in [0.4, 0.5) is 10.1 Å². The van der Waals surface area contributed by atoms with Crippen molar-refractivity contribution in [1.29, 1.82) is 0 Å². The van der Waals surface area contributed by atoms with Crippen molar-refractivity contribution in [1.82, 2.24) is 4.90 Å². The van der Waals surface area contributed by atoms with E-state index >= 15 is 0 Å². The van der Waals surface area contributed by atoms with Gasteiger partial charge in [0, 0.05) is 55.9 Å². The average Bonchev–Trinajstić information content (AvgIpc) is 2.72. The van der Waals surface area contributed by atoms with Gasteiger partial charge in [-0.15, -0.1) is 0 Å². The van der Waals surface area contributed by atoms with E-state index in [0.717, 1.165) is 50.2 Å². The van der Waals surface area contributed by atoms with Gasteiger partial charge in [0.15, 0.2) is 0 Å². The second kappa shape index (κ2) is 8.44. The van der Waals surface area contributed by atoms with Crippen LogP contribution < -0.4 is 15.3 Å². The number of anilines is 1. The Bertz CT molecular complexity index is 979. The van der Waals surface area contributed by atoms with Crippen molar-refractivity contribution < 1.29 is 13.5 Å². The number of hydrogen-bond acceptors (Lipinski definition) is 5. The molecule has 1 aromatic heterocycles. The lowest BCUT2D eigenvalue weighted by molar-refractivity contribution is 0.225. The number of ether oxygens (including phenoxy) is 1. The van der Waals surface area contributed by atoms with Crippen molar-refractivity contribution in [3.05, 3.63) is 70.8 Å². The number of hydrogen-bond donors (Lipinski definition) is 0. The van der Waals surface area contributed by atoms with Crippen molar-refractivity contribution in [3.63, 3.8) is 0 Å². The molecule has 0 spiro atoms. The summed E-state index contributed by atoms with van der Waals surface area (Å²) in [6, 6.07) is 15.4. The molecule has 1 saturated heterocycles. The maximum Gasteiger partial charge on any atom is 0.336 e. The number of fused-ring (bicyclic) bond motifs is 1. The molecule has 146 valence electrons. The zero-order chi connectivity index (χ0) is 19.3. The van der Waals surface area contributed by atoms with Gasteiger partial charge in [-0.1, -0.05) is 0 Å². The molecule has 2 aromatic carbocycles. The van der Waals surface area contributed by atoms with E-state index in [1.807, 2.05) is 24.3 Å². The van der Waals surface area contributed by atoms with Crippen molar-refractivity contribution in [3.8, 4) is 5.75 Å². The van der Waals surface area contributed by atoms with Crippen molar-refractivity contribution in [2.45, 2.75) is 6.42 Å². The fraction of sp³-hybridized carbons (Fsp3) is 0.318. The first-order chi connectivity index (χ1) is 13.7. The summed E-state index contributed by atoms with van der Waals surface area (Å²) in [4.78, 5) is 16.0. The predicted molar refractivity (Wildman–Crippen MR) is 108 cm³/mol. The van der Waals surface area contributed by atoms with Crippen molar-refractivity contribution >= 4 is 16.7 Å². The van der Waals surface area contributed by atoms with Crippen LogP contribution in [0.2, 0.25) is 0 Å². The molecule has 5 nitrogen and oxygen atoms in total. The predicted octanol–water partition coefficient (Wildman–Crippen LogP) is 3.52. The zero-order valence-corrected chi connectivity index (χ0v) is 15.6. The molecule has 3 aromatic rings. The van der Waals surface area contributed by atoms with E-state index in [-0.39, 0.29) is 11.4 Å². The van der Waals surface area contributed by atoms with E-state index in [9.17, 15) is 9.18 Å². The smallest absolute Gasteiger partial charge is 0.336 e. The summed E-state index contributed by atoms with van der Waals surface area (Å²) < 4.78 is 24.0. The molecule has 6 heteroatoms. The Balaban J connectivity index is 1.21. The highest BCUT2D eigenvalue weighted by atomic mass is 19.1. The Morgan fingerprint density at radius 2 is 1.71 bits per heavy atom. The fourth-order valence-corrected chi connectivity index (χ4v) is 3.49. The minimum Gasteiger partial charge on any atom is -0.493 e. The Labute approximate surface area is 162 Å². The molecule has 0 atom stereocenters. The number of benzene rings is 2. The normalized spacial score (nSPS) is 15.1. The molecule has 0 radical (unpaired) electrons. The Morgan fingerprint density at radius 1 is 0.964 bits per heavy atom. The van der Waals surface area contributed by atoms with Gasteiger partial charge in [-0.05, 0) is 48.9 Å². The molecule has 0 bridgehead atoms. The number of nitrogens with zero attached hydrogens (tertiary/aromatic N) is 2. The highest BCUT2D eigenvalue weighted by Crippen LogP contribution is 2.20. The van der Waals surface area contributed by atoms with Gasteiger partial charge in [0.05, 0.1) is 6.61 Å². The summed E-state index contributed by atoms with van der Waals surface area (Å²) >= 11 is 0. The first kappa shape index (κ1) is 18.5. The largest absolute Gasteiger partial charge is 0.493 e. The fourth-order valence-electron chi connectivity index (χ4n) is 3.49.